The molecule has 10 heteroatoms. The maximum absolute atomic E-state index is 11.1. The monoisotopic (exact) mass is 292 g/mol. The van der Waals surface area contributed by atoms with Crippen LogP contribution in [0, 0.1) is 10.1 Å². The fourth-order valence-electron chi connectivity index (χ4n) is 1.65. The van der Waals surface area contributed by atoms with Crippen molar-refractivity contribution < 1.29 is 14.8 Å². The van der Waals surface area contributed by atoms with Crippen molar-refractivity contribution in [3.05, 3.63) is 40.1 Å². The largest absolute Gasteiger partial charge is 0.478 e. The van der Waals surface area contributed by atoms with E-state index in [0.29, 0.717) is 18.8 Å². The second-order valence-corrected chi connectivity index (χ2v) is 4.16. The Morgan fingerprint density at radius 2 is 2.29 bits per heavy atom. The van der Waals surface area contributed by atoms with Gasteiger partial charge in [0.2, 0.25) is 0 Å². The smallest absolute Gasteiger partial charge is 0.339 e. The molecule has 0 unspecified atom stereocenters. The van der Waals surface area contributed by atoms with Gasteiger partial charge in [-0.25, -0.2) is 14.8 Å². The topological polar surface area (TPSA) is 136 Å². The molecule has 0 saturated carbocycles. The minimum absolute atomic E-state index is 0.0732. The Bertz CT molecular complexity index is 683. The van der Waals surface area contributed by atoms with Gasteiger partial charge in [-0.1, -0.05) is 0 Å². The SMILES string of the molecule is Cn1cnc(CCNc2ncc([N+](=O)[O-])cc2C(=O)O)n1. The zero-order chi connectivity index (χ0) is 15.4. The average molecular weight is 292 g/mol. The summed E-state index contributed by atoms with van der Waals surface area (Å²) in [5.74, 6) is -0.613. The molecule has 0 fully saturated rings. The van der Waals surface area contributed by atoms with Crippen molar-refractivity contribution in [3.8, 4) is 0 Å². The molecule has 0 amide bonds. The second-order valence-electron chi connectivity index (χ2n) is 4.16. The van der Waals surface area contributed by atoms with Crippen molar-refractivity contribution in [1.82, 2.24) is 19.7 Å². The lowest BCUT2D eigenvalue weighted by Crippen LogP contribution is -2.12. The minimum Gasteiger partial charge on any atom is -0.478 e. The number of aryl methyl sites for hydroxylation is 1. The average Bonchev–Trinajstić information content (AvgIpc) is 2.84. The summed E-state index contributed by atoms with van der Waals surface area (Å²) in [6, 6.07) is 0.969. The fraction of sp³-hybridized carbons (Fsp3) is 0.273. The first-order valence-corrected chi connectivity index (χ1v) is 5.93. The van der Waals surface area contributed by atoms with Crippen LogP contribution in [0.2, 0.25) is 0 Å². The molecule has 21 heavy (non-hydrogen) atoms. The molecule has 0 aromatic carbocycles. The van der Waals surface area contributed by atoms with Gasteiger partial charge in [0.05, 0.1) is 4.92 Å². The maximum atomic E-state index is 11.1. The highest BCUT2D eigenvalue weighted by atomic mass is 16.6. The molecule has 0 aliphatic heterocycles. The molecule has 2 heterocycles. The van der Waals surface area contributed by atoms with E-state index in [9.17, 15) is 14.9 Å². The molecule has 0 spiro atoms. The molecule has 0 aliphatic carbocycles. The van der Waals surface area contributed by atoms with E-state index in [1.807, 2.05) is 0 Å². The molecular formula is C11H12N6O4. The summed E-state index contributed by atoms with van der Waals surface area (Å²) < 4.78 is 1.56. The van der Waals surface area contributed by atoms with Gasteiger partial charge in [-0.3, -0.25) is 14.8 Å². The van der Waals surface area contributed by atoms with E-state index in [-0.39, 0.29) is 17.1 Å². The Morgan fingerprint density at radius 1 is 1.52 bits per heavy atom. The number of nitrogens with zero attached hydrogens (tertiary/aromatic N) is 5. The van der Waals surface area contributed by atoms with E-state index in [2.05, 4.69) is 20.4 Å². The number of nitro groups is 1. The molecular weight excluding hydrogens is 280 g/mol. The normalized spacial score (nSPS) is 10.3. The first-order valence-electron chi connectivity index (χ1n) is 5.93. The second kappa shape index (κ2) is 5.94. The van der Waals surface area contributed by atoms with Gasteiger partial charge >= 0.3 is 5.97 Å². The number of hydrogen-bond acceptors (Lipinski definition) is 7. The lowest BCUT2D eigenvalue weighted by atomic mass is 10.2. The van der Waals surface area contributed by atoms with Crippen LogP contribution in [0.15, 0.2) is 18.6 Å². The molecule has 10 nitrogen and oxygen atoms in total. The number of rotatable bonds is 6. The maximum Gasteiger partial charge on any atom is 0.339 e. The number of aromatic nitrogens is 4. The third-order valence-electron chi connectivity index (χ3n) is 2.60. The van der Waals surface area contributed by atoms with E-state index in [4.69, 9.17) is 5.11 Å². The highest BCUT2D eigenvalue weighted by molar-refractivity contribution is 5.93. The number of carbonyl (C=O) groups is 1. The molecule has 2 aromatic heterocycles. The van der Waals surface area contributed by atoms with E-state index in [1.165, 1.54) is 0 Å². The van der Waals surface area contributed by atoms with Crippen LogP contribution in [0.1, 0.15) is 16.2 Å². The number of pyridine rings is 1. The summed E-state index contributed by atoms with van der Waals surface area (Å²) in [6.45, 7) is 0.356. The number of hydrogen-bond donors (Lipinski definition) is 2. The van der Waals surface area contributed by atoms with Gasteiger partial charge in [0.25, 0.3) is 5.69 Å². The van der Waals surface area contributed by atoms with Crippen LogP contribution in [0.5, 0.6) is 0 Å². The number of carboxylic acid groups (broad SMARTS) is 1. The lowest BCUT2D eigenvalue weighted by molar-refractivity contribution is -0.385. The standard InChI is InChI=1S/C11H12N6O4/c1-16-6-14-9(15-16)2-3-12-10-8(11(18)19)4-7(5-13-10)17(20)21/h4-6H,2-3H2,1H3,(H,12,13)(H,18,19). The molecule has 110 valence electrons. The van der Waals surface area contributed by atoms with Gasteiger partial charge in [0, 0.05) is 26.1 Å². The van der Waals surface area contributed by atoms with Crippen LogP contribution < -0.4 is 5.32 Å². The molecule has 0 aliphatic rings. The zero-order valence-electron chi connectivity index (χ0n) is 11.1. The summed E-state index contributed by atoms with van der Waals surface area (Å²) in [7, 11) is 1.74. The van der Waals surface area contributed by atoms with Gasteiger partial charge < -0.3 is 10.4 Å². The van der Waals surface area contributed by atoms with E-state index >= 15 is 0 Å². The number of nitrogens with one attached hydrogen (secondary N) is 1. The van der Waals surface area contributed by atoms with Crippen LogP contribution in [-0.4, -0.2) is 42.3 Å². The van der Waals surface area contributed by atoms with E-state index in [1.54, 1.807) is 18.1 Å². The third-order valence-corrected chi connectivity index (χ3v) is 2.60. The number of aromatic carboxylic acids is 1. The first kappa shape index (κ1) is 14.4. The van der Waals surface area contributed by atoms with Crippen LogP contribution >= 0.6 is 0 Å². The van der Waals surface area contributed by atoms with Gasteiger partial charge in [0.1, 0.15) is 23.9 Å². The van der Waals surface area contributed by atoms with Crippen LogP contribution in [0.3, 0.4) is 0 Å². The van der Waals surface area contributed by atoms with Crippen molar-refractivity contribution in [1.29, 1.82) is 0 Å². The summed E-state index contributed by atoms with van der Waals surface area (Å²) in [4.78, 5) is 28.8. The molecule has 0 radical (unpaired) electrons. The van der Waals surface area contributed by atoms with Crippen molar-refractivity contribution >= 4 is 17.5 Å². The summed E-state index contributed by atoms with van der Waals surface area (Å²) >= 11 is 0. The van der Waals surface area contributed by atoms with E-state index < -0.39 is 10.9 Å². The van der Waals surface area contributed by atoms with Crippen LogP contribution in [0.4, 0.5) is 11.5 Å². The van der Waals surface area contributed by atoms with Crippen molar-refractivity contribution in [2.24, 2.45) is 7.05 Å². The number of anilines is 1. The van der Waals surface area contributed by atoms with Crippen molar-refractivity contribution in [2.45, 2.75) is 6.42 Å². The zero-order valence-corrected chi connectivity index (χ0v) is 11.1. The van der Waals surface area contributed by atoms with Gasteiger partial charge in [-0.15, -0.1) is 0 Å². The fourth-order valence-corrected chi connectivity index (χ4v) is 1.65. The summed E-state index contributed by atoms with van der Waals surface area (Å²) in [5, 5.41) is 26.6. The third kappa shape index (κ3) is 3.49. The summed E-state index contributed by atoms with van der Waals surface area (Å²) in [6.07, 6.45) is 3.04. The predicted molar refractivity (Wildman–Crippen MR) is 71.0 cm³/mol. The van der Waals surface area contributed by atoms with Crippen molar-refractivity contribution in [2.75, 3.05) is 11.9 Å². The molecule has 2 aromatic rings. The Hall–Kier alpha value is -3.04. The Kier molecular flexibility index (Phi) is 4.07. The van der Waals surface area contributed by atoms with Crippen molar-refractivity contribution in [3.63, 3.8) is 0 Å². The summed E-state index contributed by atoms with van der Waals surface area (Å²) in [5.41, 5.74) is -0.623. The quantitative estimate of drug-likeness (QED) is 0.579. The lowest BCUT2D eigenvalue weighted by Gasteiger charge is -2.07. The van der Waals surface area contributed by atoms with Crippen LogP contribution in [-0.2, 0) is 13.5 Å². The molecule has 2 rings (SSSR count). The molecule has 0 atom stereocenters. The van der Waals surface area contributed by atoms with Gasteiger partial charge in [-0.2, -0.15) is 5.10 Å². The highest BCUT2D eigenvalue weighted by Gasteiger charge is 2.17. The van der Waals surface area contributed by atoms with E-state index in [0.717, 1.165) is 12.3 Å². The Labute approximate surface area is 118 Å². The molecule has 0 bridgehead atoms. The van der Waals surface area contributed by atoms with Crippen LogP contribution in [0.25, 0.3) is 0 Å². The first-order chi connectivity index (χ1) is 9.97. The minimum atomic E-state index is -1.29. The number of carboxylic acids is 1. The Balaban J connectivity index is 2.08. The highest BCUT2D eigenvalue weighted by Crippen LogP contribution is 2.19. The molecule has 0 saturated heterocycles. The predicted octanol–water partition coefficient (Wildman–Crippen LogP) is 0.471. The Morgan fingerprint density at radius 3 is 2.86 bits per heavy atom. The molecule has 2 N–H and O–H groups in total. The van der Waals surface area contributed by atoms with Gasteiger partial charge in [-0.05, 0) is 0 Å². The van der Waals surface area contributed by atoms with Gasteiger partial charge in [0.15, 0.2) is 5.82 Å².